The molecule has 0 unspecified atom stereocenters. The zero-order valence-electron chi connectivity index (χ0n) is 8.96. The van der Waals surface area contributed by atoms with Gasteiger partial charge >= 0.3 is 5.97 Å². The molecule has 0 fully saturated rings. The predicted molar refractivity (Wildman–Crippen MR) is 59.6 cm³/mol. The molecule has 0 saturated carbocycles. The topological polar surface area (TPSA) is 46.5 Å². The van der Waals surface area contributed by atoms with Gasteiger partial charge in [-0.1, -0.05) is 0 Å². The minimum Gasteiger partial charge on any atom is -0.469 e. The first-order valence-corrected chi connectivity index (χ1v) is 5.50. The Hall–Kier alpha value is -0.720. The maximum atomic E-state index is 10.7. The summed E-state index contributed by atoms with van der Waals surface area (Å²) in [4.78, 5) is 10.7. The Labute approximate surface area is 95.8 Å². The van der Waals surface area contributed by atoms with E-state index in [0.717, 1.165) is 19.3 Å². The van der Waals surface area contributed by atoms with E-state index in [9.17, 15) is 4.79 Å². The van der Waals surface area contributed by atoms with Crippen molar-refractivity contribution in [2.75, 3.05) is 13.0 Å². The van der Waals surface area contributed by atoms with E-state index < -0.39 is 6.10 Å². The third-order valence-electron chi connectivity index (χ3n) is 1.80. The van der Waals surface area contributed by atoms with Crippen LogP contribution in [0.2, 0.25) is 0 Å². The van der Waals surface area contributed by atoms with Gasteiger partial charge in [0.1, 0.15) is 0 Å². The molecule has 1 atom stereocenters. The highest BCUT2D eigenvalue weighted by atomic mass is 35.5. The lowest BCUT2D eigenvalue weighted by Crippen LogP contribution is -2.05. The second-order valence-electron chi connectivity index (χ2n) is 3.15. The fourth-order valence-electron chi connectivity index (χ4n) is 0.918. The van der Waals surface area contributed by atoms with Gasteiger partial charge in [0.05, 0.1) is 13.2 Å². The number of rotatable bonds is 6. The Morgan fingerprint density at radius 2 is 2.20 bits per heavy atom. The first-order valence-electron chi connectivity index (χ1n) is 4.97. The van der Waals surface area contributed by atoms with Crippen molar-refractivity contribution >= 4 is 17.6 Å². The van der Waals surface area contributed by atoms with Crippen molar-refractivity contribution in [2.24, 2.45) is 0 Å². The molecule has 0 bridgehead atoms. The van der Waals surface area contributed by atoms with E-state index in [0.29, 0.717) is 12.8 Å². The van der Waals surface area contributed by atoms with E-state index in [2.05, 4.69) is 16.6 Å². The Balaban J connectivity index is 3.34. The van der Waals surface area contributed by atoms with Crippen LogP contribution >= 0.6 is 11.6 Å². The van der Waals surface area contributed by atoms with E-state index in [1.807, 2.05) is 0 Å². The van der Waals surface area contributed by atoms with Crippen LogP contribution in [0.15, 0.2) is 0 Å². The summed E-state index contributed by atoms with van der Waals surface area (Å²) in [5.41, 5.74) is 0. The lowest BCUT2D eigenvalue weighted by Gasteiger charge is -1.98. The van der Waals surface area contributed by atoms with Crippen LogP contribution in [0.25, 0.3) is 0 Å². The summed E-state index contributed by atoms with van der Waals surface area (Å²) in [7, 11) is 1.38. The van der Waals surface area contributed by atoms with E-state index in [4.69, 9.17) is 16.7 Å². The SMILES string of the molecule is COC(=O)CCCCC#CC[C@@H](O)CCl. The van der Waals surface area contributed by atoms with Crippen LogP contribution in [0.3, 0.4) is 0 Å². The summed E-state index contributed by atoms with van der Waals surface area (Å²) in [6.45, 7) is 0. The Kier molecular flexibility index (Phi) is 9.35. The molecule has 0 radical (unpaired) electrons. The van der Waals surface area contributed by atoms with Crippen molar-refractivity contribution in [1.29, 1.82) is 0 Å². The number of alkyl halides is 1. The molecular formula is C11H17ClO3. The number of ether oxygens (including phenoxy) is 1. The van der Waals surface area contributed by atoms with Gasteiger partial charge < -0.3 is 9.84 Å². The number of esters is 1. The van der Waals surface area contributed by atoms with Crippen molar-refractivity contribution in [3.63, 3.8) is 0 Å². The molecule has 3 nitrogen and oxygen atoms in total. The number of aliphatic hydroxyl groups is 1. The summed E-state index contributed by atoms with van der Waals surface area (Å²) in [5.74, 6) is 5.80. The van der Waals surface area contributed by atoms with Crippen LogP contribution < -0.4 is 0 Å². The third-order valence-corrected chi connectivity index (χ3v) is 2.16. The Morgan fingerprint density at radius 3 is 2.80 bits per heavy atom. The van der Waals surface area contributed by atoms with Crippen molar-refractivity contribution < 1.29 is 14.6 Å². The number of hydrogen-bond donors (Lipinski definition) is 1. The highest BCUT2D eigenvalue weighted by molar-refractivity contribution is 6.18. The maximum Gasteiger partial charge on any atom is 0.305 e. The van der Waals surface area contributed by atoms with Gasteiger partial charge in [-0.15, -0.1) is 23.4 Å². The summed E-state index contributed by atoms with van der Waals surface area (Å²) >= 11 is 5.40. The first-order chi connectivity index (χ1) is 7.20. The van der Waals surface area contributed by atoms with Gasteiger partial charge in [-0.25, -0.2) is 0 Å². The molecule has 4 heteroatoms. The average Bonchev–Trinajstić information content (AvgIpc) is 2.26. The minimum atomic E-state index is -0.533. The number of carbonyl (C=O) groups excluding carboxylic acids is 1. The van der Waals surface area contributed by atoms with Gasteiger partial charge in [-0.3, -0.25) is 4.79 Å². The maximum absolute atomic E-state index is 10.7. The van der Waals surface area contributed by atoms with E-state index in [1.165, 1.54) is 7.11 Å². The standard InChI is InChI=1S/C11H17ClO3/c1-15-11(14)8-6-4-2-3-5-7-10(13)9-12/h10,13H,2,4,6-9H2,1H3/t10-/m1/s1. The molecule has 0 aromatic rings. The van der Waals surface area contributed by atoms with Crippen molar-refractivity contribution in [3.8, 4) is 11.8 Å². The molecule has 1 N–H and O–H groups in total. The van der Waals surface area contributed by atoms with Gasteiger partial charge in [0.15, 0.2) is 0 Å². The highest BCUT2D eigenvalue weighted by Crippen LogP contribution is 2.00. The van der Waals surface area contributed by atoms with E-state index in [-0.39, 0.29) is 11.8 Å². The van der Waals surface area contributed by atoms with Crippen LogP contribution in [-0.4, -0.2) is 30.2 Å². The summed E-state index contributed by atoms with van der Waals surface area (Å²) < 4.78 is 4.50. The van der Waals surface area contributed by atoms with Crippen molar-refractivity contribution in [3.05, 3.63) is 0 Å². The van der Waals surface area contributed by atoms with Crippen LogP contribution in [-0.2, 0) is 9.53 Å². The molecule has 0 amide bonds. The van der Waals surface area contributed by atoms with E-state index >= 15 is 0 Å². The van der Waals surface area contributed by atoms with Gasteiger partial charge in [-0.2, -0.15) is 0 Å². The molecule has 0 aliphatic carbocycles. The third kappa shape index (κ3) is 9.58. The smallest absolute Gasteiger partial charge is 0.305 e. The van der Waals surface area contributed by atoms with Crippen molar-refractivity contribution in [1.82, 2.24) is 0 Å². The normalized spacial score (nSPS) is 11.4. The Morgan fingerprint density at radius 1 is 1.47 bits per heavy atom. The van der Waals surface area contributed by atoms with Crippen LogP contribution in [0.4, 0.5) is 0 Å². The van der Waals surface area contributed by atoms with E-state index in [1.54, 1.807) is 0 Å². The number of halogens is 1. The van der Waals surface area contributed by atoms with Gasteiger partial charge in [0, 0.05) is 25.1 Å². The number of carbonyl (C=O) groups is 1. The highest BCUT2D eigenvalue weighted by Gasteiger charge is 1.98. The number of methoxy groups -OCH3 is 1. The van der Waals surface area contributed by atoms with Gasteiger partial charge in [-0.05, 0) is 12.8 Å². The molecule has 0 aliphatic heterocycles. The number of hydrogen-bond acceptors (Lipinski definition) is 3. The fourth-order valence-corrected chi connectivity index (χ4v) is 1.03. The quantitative estimate of drug-likeness (QED) is 0.328. The lowest BCUT2D eigenvalue weighted by molar-refractivity contribution is -0.140. The predicted octanol–water partition coefficient (Wildman–Crippen LogP) is 1.71. The fraction of sp³-hybridized carbons (Fsp3) is 0.727. The molecule has 0 heterocycles. The monoisotopic (exact) mass is 232 g/mol. The zero-order valence-corrected chi connectivity index (χ0v) is 9.72. The van der Waals surface area contributed by atoms with Crippen LogP contribution in [0.5, 0.6) is 0 Å². The second kappa shape index (κ2) is 9.82. The average molecular weight is 233 g/mol. The summed E-state index contributed by atoms with van der Waals surface area (Å²) in [5, 5.41) is 9.07. The Bertz CT molecular complexity index is 230. The molecule has 0 spiro atoms. The van der Waals surface area contributed by atoms with Crippen LogP contribution in [0.1, 0.15) is 32.1 Å². The van der Waals surface area contributed by atoms with Gasteiger partial charge in [0.25, 0.3) is 0 Å². The largest absolute Gasteiger partial charge is 0.469 e. The number of aliphatic hydroxyl groups excluding tert-OH is 1. The molecule has 0 rings (SSSR count). The minimum absolute atomic E-state index is 0.180. The second-order valence-corrected chi connectivity index (χ2v) is 3.46. The molecule has 15 heavy (non-hydrogen) atoms. The molecule has 0 aliphatic rings. The van der Waals surface area contributed by atoms with Crippen molar-refractivity contribution in [2.45, 2.75) is 38.2 Å². The summed E-state index contributed by atoms with van der Waals surface area (Å²) in [6.07, 6.45) is 2.74. The first kappa shape index (κ1) is 14.3. The molecule has 86 valence electrons. The molecular weight excluding hydrogens is 216 g/mol. The zero-order chi connectivity index (χ0) is 11.5. The molecule has 0 saturated heterocycles. The lowest BCUT2D eigenvalue weighted by atomic mass is 10.2. The van der Waals surface area contributed by atoms with Crippen LogP contribution in [0, 0.1) is 11.8 Å². The van der Waals surface area contributed by atoms with Gasteiger partial charge in [0.2, 0.25) is 0 Å². The molecule has 0 aromatic carbocycles. The summed E-state index contributed by atoms with van der Waals surface area (Å²) in [6, 6.07) is 0. The number of unbranched alkanes of at least 4 members (excludes halogenated alkanes) is 2. The molecule has 0 aromatic heterocycles.